The predicted molar refractivity (Wildman–Crippen MR) is 94.9 cm³/mol. The number of nitrogens with zero attached hydrogens (tertiary/aromatic N) is 2. The Labute approximate surface area is 150 Å². The van der Waals surface area contributed by atoms with Crippen LogP contribution in [0.1, 0.15) is 23.0 Å². The number of benzene rings is 2. The molecule has 0 unspecified atom stereocenters. The number of hydrogen-bond donors (Lipinski definition) is 0. The molecule has 0 spiro atoms. The van der Waals surface area contributed by atoms with E-state index < -0.39 is 0 Å². The molecule has 0 fully saturated rings. The van der Waals surface area contributed by atoms with E-state index >= 15 is 0 Å². The van der Waals surface area contributed by atoms with Crippen molar-refractivity contribution in [1.82, 2.24) is 10.1 Å². The highest BCUT2D eigenvalue weighted by Gasteiger charge is 2.21. The van der Waals surface area contributed by atoms with Gasteiger partial charge in [0.25, 0.3) is 5.91 Å². The Hall–Kier alpha value is -3.28. The number of aromatic nitrogens is 1. The summed E-state index contributed by atoms with van der Waals surface area (Å²) < 4.78 is 16.1. The average Bonchev–Trinajstić information content (AvgIpc) is 3.35. The van der Waals surface area contributed by atoms with Gasteiger partial charge in [-0.2, -0.15) is 0 Å². The lowest BCUT2D eigenvalue weighted by atomic mass is 10.1. The molecule has 0 radical (unpaired) electrons. The molecule has 1 aromatic heterocycles. The van der Waals surface area contributed by atoms with Crippen LogP contribution in [0.15, 0.2) is 59.1 Å². The fourth-order valence-corrected chi connectivity index (χ4v) is 2.86. The van der Waals surface area contributed by atoms with Gasteiger partial charge in [0.05, 0.1) is 0 Å². The van der Waals surface area contributed by atoms with E-state index in [9.17, 15) is 4.79 Å². The summed E-state index contributed by atoms with van der Waals surface area (Å²) in [5, 5.41) is 3.95. The number of carbonyl (C=O) groups excluding carboxylic acids is 1. The second-order valence-corrected chi connectivity index (χ2v) is 5.95. The summed E-state index contributed by atoms with van der Waals surface area (Å²) >= 11 is 0. The molecular formula is C20H18N2O4. The highest BCUT2D eigenvalue weighted by atomic mass is 16.7. The molecule has 0 saturated heterocycles. The largest absolute Gasteiger partial charge is 0.454 e. The summed E-state index contributed by atoms with van der Waals surface area (Å²) in [7, 11) is 0. The molecule has 1 amide bonds. The van der Waals surface area contributed by atoms with E-state index in [4.69, 9.17) is 14.0 Å². The van der Waals surface area contributed by atoms with Crippen LogP contribution in [-0.4, -0.2) is 29.3 Å². The third-order valence-electron chi connectivity index (χ3n) is 4.27. The Morgan fingerprint density at radius 1 is 1.08 bits per heavy atom. The van der Waals surface area contributed by atoms with Crippen LogP contribution in [-0.2, 0) is 6.54 Å². The van der Waals surface area contributed by atoms with E-state index in [1.807, 2.05) is 55.5 Å². The summed E-state index contributed by atoms with van der Waals surface area (Å²) in [6.07, 6.45) is 0. The van der Waals surface area contributed by atoms with Gasteiger partial charge in [0.2, 0.25) is 6.79 Å². The number of amides is 1. The molecule has 0 atom stereocenters. The number of rotatable bonds is 5. The first kappa shape index (κ1) is 16.2. The molecule has 0 N–H and O–H groups in total. The molecule has 6 heteroatoms. The van der Waals surface area contributed by atoms with Crippen LogP contribution < -0.4 is 9.47 Å². The molecule has 2 heterocycles. The standard InChI is InChI=1S/C20H18N2O4/c1-2-22(12-14-8-9-17-19(10-14)25-13-24-17)20(23)16-11-18(26-21-16)15-6-4-3-5-7-15/h3-11H,2,12-13H2,1H3. The normalized spacial score (nSPS) is 12.2. The molecule has 1 aliphatic heterocycles. The summed E-state index contributed by atoms with van der Waals surface area (Å²) in [4.78, 5) is 14.5. The highest BCUT2D eigenvalue weighted by molar-refractivity contribution is 5.93. The predicted octanol–water partition coefficient (Wildman–Crippen LogP) is 3.73. The van der Waals surface area contributed by atoms with Gasteiger partial charge < -0.3 is 18.9 Å². The molecular weight excluding hydrogens is 332 g/mol. The highest BCUT2D eigenvalue weighted by Crippen LogP contribution is 2.33. The van der Waals surface area contributed by atoms with E-state index in [0.29, 0.717) is 30.3 Å². The third kappa shape index (κ3) is 3.13. The number of carbonyl (C=O) groups is 1. The number of ether oxygens (including phenoxy) is 2. The fourth-order valence-electron chi connectivity index (χ4n) is 2.86. The zero-order valence-electron chi connectivity index (χ0n) is 14.3. The second-order valence-electron chi connectivity index (χ2n) is 5.95. The van der Waals surface area contributed by atoms with Crippen molar-refractivity contribution in [3.05, 3.63) is 65.9 Å². The Kier molecular flexibility index (Phi) is 4.31. The smallest absolute Gasteiger partial charge is 0.276 e. The first-order valence-electron chi connectivity index (χ1n) is 8.44. The van der Waals surface area contributed by atoms with E-state index in [1.165, 1.54) is 0 Å². The number of fused-ring (bicyclic) bond motifs is 1. The lowest BCUT2D eigenvalue weighted by Crippen LogP contribution is -2.30. The molecule has 132 valence electrons. The maximum Gasteiger partial charge on any atom is 0.276 e. The van der Waals surface area contributed by atoms with Gasteiger partial charge in [-0.3, -0.25) is 4.79 Å². The lowest BCUT2D eigenvalue weighted by Gasteiger charge is -2.19. The third-order valence-corrected chi connectivity index (χ3v) is 4.27. The van der Waals surface area contributed by atoms with E-state index in [-0.39, 0.29) is 12.7 Å². The molecule has 0 bridgehead atoms. The van der Waals surface area contributed by atoms with Crippen LogP contribution in [0, 0.1) is 0 Å². The van der Waals surface area contributed by atoms with Gasteiger partial charge in [-0.05, 0) is 24.6 Å². The Balaban J connectivity index is 1.51. The lowest BCUT2D eigenvalue weighted by molar-refractivity contribution is 0.0742. The molecule has 1 aliphatic rings. The van der Waals surface area contributed by atoms with Gasteiger partial charge in [0.1, 0.15) is 0 Å². The summed E-state index contributed by atoms with van der Waals surface area (Å²) in [5.41, 5.74) is 2.15. The van der Waals surface area contributed by atoms with Crippen LogP contribution in [0.25, 0.3) is 11.3 Å². The average molecular weight is 350 g/mol. The van der Waals surface area contributed by atoms with Crippen molar-refractivity contribution in [2.45, 2.75) is 13.5 Å². The Bertz CT molecular complexity index is 921. The van der Waals surface area contributed by atoms with Gasteiger partial charge in [-0.1, -0.05) is 41.6 Å². The minimum Gasteiger partial charge on any atom is -0.454 e. The maximum atomic E-state index is 12.8. The van der Waals surface area contributed by atoms with Gasteiger partial charge in [0, 0.05) is 24.7 Å². The van der Waals surface area contributed by atoms with Crippen molar-refractivity contribution in [3.8, 4) is 22.8 Å². The SMILES string of the molecule is CCN(Cc1ccc2c(c1)OCO2)C(=O)c1cc(-c2ccccc2)on1. The van der Waals surface area contributed by atoms with Crippen LogP contribution in [0.5, 0.6) is 11.5 Å². The van der Waals surface area contributed by atoms with E-state index in [0.717, 1.165) is 16.9 Å². The molecule has 4 rings (SSSR count). The van der Waals surface area contributed by atoms with Crippen molar-refractivity contribution in [3.63, 3.8) is 0 Å². The molecule has 26 heavy (non-hydrogen) atoms. The number of hydrogen-bond acceptors (Lipinski definition) is 5. The summed E-state index contributed by atoms with van der Waals surface area (Å²) in [6, 6.07) is 17.0. The summed E-state index contributed by atoms with van der Waals surface area (Å²) in [5.74, 6) is 1.84. The van der Waals surface area contributed by atoms with Gasteiger partial charge >= 0.3 is 0 Å². The van der Waals surface area contributed by atoms with Crippen LogP contribution >= 0.6 is 0 Å². The van der Waals surface area contributed by atoms with Gasteiger partial charge in [-0.15, -0.1) is 0 Å². The van der Waals surface area contributed by atoms with Crippen molar-refractivity contribution >= 4 is 5.91 Å². The molecule has 6 nitrogen and oxygen atoms in total. The van der Waals surface area contributed by atoms with Crippen molar-refractivity contribution < 1.29 is 18.8 Å². The first-order valence-corrected chi connectivity index (χ1v) is 8.44. The van der Waals surface area contributed by atoms with E-state index in [2.05, 4.69) is 5.16 Å². The summed E-state index contributed by atoms with van der Waals surface area (Å²) in [6.45, 7) is 3.18. The van der Waals surface area contributed by atoms with Gasteiger partial charge in [-0.25, -0.2) is 0 Å². The molecule has 0 aliphatic carbocycles. The van der Waals surface area contributed by atoms with Crippen LogP contribution in [0.2, 0.25) is 0 Å². The van der Waals surface area contributed by atoms with Crippen LogP contribution in [0.3, 0.4) is 0 Å². The minimum absolute atomic E-state index is 0.170. The topological polar surface area (TPSA) is 64.8 Å². The second kappa shape index (κ2) is 6.92. The minimum atomic E-state index is -0.170. The fraction of sp³-hybridized carbons (Fsp3) is 0.200. The molecule has 2 aromatic carbocycles. The Morgan fingerprint density at radius 3 is 2.69 bits per heavy atom. The first-order chi connectivity index (χ1) is 12.7. The monoisotopic (exact) mass is 350 g/mol. The maximum absolute atomic E-state index is 12.8. The zero-order valence-corrected chi connectivity index (χ0v) is 14.3. The van der Waals surface area contributed by atoms with Gasteiger partial charge in [0.15, 0.2) is 23.0 Å². The molecule has 0 saturated carbocycles. The molecule has 3 aromatic rings. The van der Waals surface area contributed by atoms with Crippen molar-refractivity contribution in [2.24, 2.45) is 0 Å². The van der Waals surface area contributed by atoms with Crippen molar-refractivity contribution in [1.29, 1.82) is 0 Å². The quantitative estimate of drug-likeness (QED) is 0.701. The van der Waals surface area contributed by atoms with Crippen molar-refractivity contribution in [2.75, 3.05) is 13.3 Å². The van der Waals surface area contributed by atoms with Crippen LogP contribution in [0.4, 0.5) is 0 Å². The zero-order chi connectivity index (χ0) is 17.9. The van der Waals surface area contributed by atoms with E-state index in [1.54, 1.807) is 11.0 Å². The Morgan fingerprint density at radius 2 is 1.88 bits per heavy atom.